The van der Waals surface area contributed by atoms with Crippen molar-refractivity contribution in [3.05, 3.63) is 59.7 Å². The van der Waals surface area contributed by atoms with Crippen molar-refractivity contribution in [2.75, 3.05) is 18.6 Å². The fourth-order valence-electron chi connectivity index (χ4n) is 2.87. The molecule has 0 spiro atoms. The van der Waals surface area contributed by atoms with Gasteiger partial charge in [-0.3, -0.25) is 0 Å². The number of rotatable bonds is 3. The third-order valence-electron chi connectivity index (χ3n) is 4.14. The van der Waals surface area contributed by atoms with Crippen molar-refractivity contribution in [2.24, 2.45) is 0 Å². The van der Waals surface area contributed by atoms with Crippen LogP contribution in [0.4, 0.5) is 5.95 Å². The average Bonchev–Trinajstić information content (AvgIpc) is 3.11. The third kappa shape index (κ3) is 2.65. The summed E-state index contributed by atoms with van der Waals surface area (Å²) in [5.41, 5.74) is 3.54. The first-order chi connectivity index (χ1) is 11.3. The second kappa shape index (κ2) is 5.76. The molecule has 1 aliphatic heterocycles. The van der Waals surface area contributed by atoms with E-state index < -0.39 is 0 Å². The summed E-state index contributed by atoms with van der Waals surface area (Å²) in [5, 5.41) is 4.14. The Hall–Kier alpha value is -2.82. The molecule has 1 aromatic heterocycles. The van der Waals surface area contributed by atoms with E-state index in [1.807, 2.05) is 36.4 Å². The van der Waals surface area contributed by atoms with Gasteiger partial charge < -0.3 is 14.2 Å². The zero-order valence-corrected chi connectivity index (χ0v) is 12.9. The molecular weight excluding hydrogens is 290 g/mol. The second-order valence-corrected chi connectivity index (χ2v) is 5.57. The molecule has 116 valence electrons. The molecule has 0 bridgehead atoms. The fraction of sp³-hybridized carbons (Fsp3) is 0.222. The summed E-state index contributed by atoms with van der Waals surface area (Å²) < 4.78 is 10.7. The van der Waals surface area contributed by atoms with E-state index in [-0.39, 0.29) is 0 Å². The molecule has 4 rings (SSSR count). The molecular formula is C18H17N3O2. The Morgan fingerprint density at radius 3 is 2.78 bits per heavy atom. The zero-order chi connectivity index (χ0) is 15.6. The smallest absolute Gasteiger partial charge is 0.266 e. The molecule has 0 aliphatic carbocycles. The van der Waals surface area contributed by atoms with E-state index in [0.29, 0.717) is 11.8 Å². The number of methoxy groups -OCH3 is 1. The average molecular weight is 307 g/mol. The fourth-order valence-corrected chi connectivity index (χ4v) is 2.87. The van der Waals surface area contributed by atoms with Gasteiger partial charge in [-0.15, -0.1) is 0 Å². The first-order valence-corrected chi connectivity index (χ1v) is 7.63. The highest BCUT2D eigenvalue weighted by Crippen LogP contribution is 2.27. The van der Waals surface area contributed by atoms with Crippen molar-refractivity contribution in [2.45, 2.75) is 13.0 Å². The number of nitrogens with zero attached hydrogens (tertiary/aromatic N) is 3. The van der Waals surface area contributed by atoms with Crippen LogP contribution in [0, 0.1) is 0 Å². The van der Waals surface area contributed by atoms with Crippen molar-refractivity contribution in [1.29, 1.82) is 0 Å². The van der Waals surface area contributed by atoms with Gasteiger partial charge in [0.05, 0.1) is 7.11 Å². The minimum atomic E-state index is 0.553. The summed E-state index contributed by atoms with van der Waals surface area (Å²) in [6.45, 7) is 1.65. The largest absolute Gasteiger partial charge is 0.497 e. The van der Waals surface area contributed by atoms with Crippen LogP contribution in [0.3, 0.4) is 0 Å². The summed E-state index contributed by atoms with van der Waals surface area (Å²) in [6, 6.07) is 16.1. The Bertz CT molecular complexity index is 814. The number of fused-ring (bicyclic) bond motifs is 1. The zero-order valence-electron chi connectivity index (χ0n) is 12.9. The van der Waals surface area contributed by atoms with Crippen molar-refractivity contribution in [3.63, 3.8) is 0 Å². The van der Waals surface area contributed by atoms with Crippen LogP contribution in [0.25, 0.3) is 11.5 Å². The highest BCUT2D eigenvalue weighted by Gasteiger charge is 2.21. The maximum Gasteiger partial charge on any atom is 0.266 e. The monoisotopic (exact) mass is 307 g/mol. The molecule has 5 nitrogen and oxygen atoms in total. The number of ether oxygens (including phenoxy) is 1. The lowest BCUT2D eigenvalue weighted by Gasteiger charge is -2.27. The maximum absolute atomic E-state index is 5.41. The number of benzene rings is 2. The molecule has 0 saturated carbocycles. The molecule has 3 aromatic rings. The highest BCUT2D eigenvalue weighted by molar-refractivity contribution is 5.54. The van der Waals surface area contributed by atoms with Gasteiger partial charge in [0.25, 0.3) is 11.8 Å². The predicted octanol–water partition coefficient (Wildman–Crippen LogP) is 3.31. The van der Waals surface area contributed by atoms with Gasteiger partial charge >= 0.3 is 0 Å². The van der Waals surface area contributed by atoms with Crippen molar-refractivity contribution >= 4 is 5.95 Å². The second-order valence-electron chi connectivity index (χ2n) is 5.57. The van der Waals surface area contributed by atoms with E-state index in [1.165, 1.54) is 11.1 Å². The normalized spacial score (nSPS) is 13.7. The van der Waals surface area contributed by atoms with E-state index in [2.05, 4.69) is 27.2 Å². The minimum absolute atomic E-state index is 0.553. The standard InChI is InChI=1S/C18H17N3O2/c1-22-16-8-7-13-9-10-21(12-15(13)11-16)18-19-17(23-20-18)14-5-3-2-4-6-14/h2-8,11H,9-10,12H2,1H3. The molecule has 5 heteroatoms. The lowest BCUT2D eigenvalue weighted by molar-refractivity contribution is 0.413. The Morgan fingerprint density at radius 1 is 1.09 bits per heavy atom. The third-order valence-corrected chi connectivity index (χ3v) is 4.14. The summed E-state index contributed by atoms with van der Waals surface area (Å²) in [5.74, 6) is 2.07. The van der Waals surface area contributed by atoms with Gasteiger partial charge in [0.15, 0.2) is 0 Å². The number of hydrogen-bond donors (Lipinski definition) is 0. The number of aromatic nitrogens is 2. The van der Waals surface area contributed by atoms with Gasteiger partial charge in [0, 0.05) is 18.7 Å². The van der Waals surface area contributed by atoms with Crippen molar-refractivity contribution in [1.82, 2.24) is 10.1 Å². The SMILES string of the molecule is COc1ccc2c(c1)CN(c1noc(-c3ccccc3)n1)CC2. The van der Waals surface area contributed by atoms with Crippen LogP contribution in [-0.4, -0.2) is 23.8 Å². The van der Waals surface area contributed by atoms with Crippen LogP contribution in [0.2, 0.25) is 0 Å². The van der Waals surface area contributed by atoms with Gasteiger partial charge in [0.1, 0.15) is 5.75 Å². The van der Waals surface area contributed by atoms with Crippen LogP contribution in [0.15, 0.2) is 53.1 Å². The first-order valence-electron chi connectivity index (χ1n) is 7.63. The molecule has 0 atom stereocenters. The van der Waals surface area contributed by atoms with E-state index in [9.17, 15) is 0 Å². The molecule has 0 saturated heterocycles. The summed E-state index contributed by atoms with van der Waals surface area (Å²) in [7, 11) is 1.69. The van der Waals surface area contributed by atoms with Crippen LogP contribution >= 0.6 is 0 Å². The van der Waals surface area contributed by atoms with Gasteiger partial charge in [-0.1, -0.05) is 24.3 Å². The lowest BCUT2D eigenvalue weighted by atomic mass is 10.00. The molecule has 1 aliphatic rings. The van der Waals surface area contributed by atoms with Crippen LogP contribution < -0.4 is 9.64 Å². The maximum atomic E-state index is 5.41. The molecule has 0 fully saturated rings. The highest BCUT2D eigenvalue weighted by atomic mass is 16.5. The molecule has 2 heterocycles. The van der Waals surface area contributed by atoms with E-state index >= 15 is 0 Å². The quantitative estimate of drug-likeness (QED) is 0.743. The number of anilines is 1. The topological polar surface area (TPSA) is 51.4 Å². The molecule has 23 heavy (non-hydrogen) atoms. The van der Waals surface area contributed by atoms with Gasteiger partial charge in [-0.25, -0.2) is 0 Å². The summed E-state index contributed by atoms with van der Waals surface area (Å²) >= 11 is 0. The molecule has 0 radical (unpaired) electrons. The first kappa shape index (κ1) is 13.8. The predicted molar refractivity (Wildman–Crippen MR) is 87.5 cm³/mol. The van der Waals surface area contributed by atoms with Crippen LogP contribution in [0.5, 0.6) is 5.75 Å². The van der Waals surface area contributed by atoms with Crippen LogP contribution in [0.1, 0.15) is 11.1 Å². The van der Waals surface area contributed by atoms with E-state index in [0.717, 1.165) is 30.8 Å². The van der Waals surface area contributed by atoms with E-state index in [4.69, 9.17) is 9.26 Å². The summed E-state index contributed by atoms with van der Waals surface area (Å²) in [6.07, 6.45) is 0.967. The van der Waals surface area contributed by atoms with Crippen LogP contribution in [-0.2, 0) is 13.0 Å². The molecule has 0 unspecified atom stereocenters. The van der Waals surface area contributed by atoms with Gasteiger partial charge in [-0.05, 0) is 47.0 Å². The van der Waals surface area contributed by atoms with Crippen molar-refractivity contribution < 1.29 is 9.26 Å². The lowest BCUT2D eigenvalue weighted by Crippen LogP contribution is -2.31. The Labute approximate surface area is 134 Å². The minimum Gasteiger partial charge on any atom is -0.497 e. The summed E-state index contributed by atoms with van der Waals surface area (Å²) in [4.78, 5) is 6.67. The Balaban J connectivity index is 1.59. The Morgan fingerprint density at radius 2 is 1.96 bits per heavy atom. The number of hydrogen-bond acceptors (Lipinski definition) is 5. The molecule has 2 aromatic carbocycles. The molecule has 0 amide bonds. The van der Waals surface area contributed by atoms with Gasteiger partial charge in [-0.2, -0.15) is 4.98 Å². The van der Waals surface area contributed by atoms with Crippen molar-refractivity contribution in [3.8, 4) is 17.2 Å². The Kier molecular flexibility index (Phi) is 3.46. The van der Waals surface area contributed by atoms with E-state index in [1.54, 1.807) is 7.11 Å². The molecule has 0 N–H and O–H groups in total. The van der Waals surface area contributed by atoms with Gasteiger partial charge in [0.2, 0.25) is 0 Å².